The Bertz CT molecular complexity index is 110. The summed E-state index contributed by atoms with van der Waals surface area (Å²) in [5.41, 5.74) is 0. The van der Waals surface area contributed by atoms with E-state index in [1.165, 1.54) is 13.8 Å². The van der Waals surface area contributed by atoms with Gasteiger partial charge >= 0.3 is 5.97 Å². The van der Waals surface area contributed by atoms with E-state index in [4.69, 9.17) is 10.2 Å². The third-order valence-electron chi connectivity index (χ3n) is 0.666. The summed E-state index contributed by atoms with van der Waals surface area (Å²) in [6.07, 6.45) is -0.535. The zero-order valence-electron chi connectivity index (χ0n) is 8.07. The molecule has 74 valence electrons. The molecule has 0 saturated carbocycles. The normalized spacial score (nSPS) is 11.6. The average Bonchev–Trinajstić information content (AvgIpc) is 1.85. The summed E-state index contributed by atoms with van der Waals surface area (Å²) in [5.74, 6) is -0.213. The van der Waals surface area contributed by atoms with E-state index in [1.807, 2.05) is 13.8 Å². The van der Waals surface area contributed by atoms with Crippen molar-refractivity contribution in [2.24, 2.45) is 0 Å². The van der Waals surface area contributed by atoms with Gasteiger partial charge in [-0.15, -0.1) is 0 Å². The molecule has 0 aromatic rings. The average molecular weight is 178 g/mol. The topological polar surface area (TPSA) is 66.8 Å². The van der Waals surface area contributed by atoms with Crippen molar-refractivity contribution in [2.45, 2.75) is 39.9 Å². The molecule has 12 heavy (non-hydrogen) atoms. The number of carbonyl (C=O) groups excluding carboxylic acids is 1. The van der Waals surface area contributed by atoms with Crippen LogP contribution in [-0.2, 0) is 9.53 Å². The van der Waals surface area contributed by atoms with Crippen LogP contribution in [0.3, 0.4) is 0 Å². The lowest BCUT2D eigenvalue weighted by molar-refractivity contribution is -0.144. The fourth-order valence-corrected chi connectivity index (χ4v) is 0.332. The molecule has 0 aliphatic rings. The highest BCUT2D eigenvalue weighted by molar-refractivity contribution is 5.66. The van der Waals surface area contributed by atoms with Crippen molar-refractivity contribution in [2.75, 3.05) is 6.61 Å². The van der Waals surface area contributed by atoms with E-state index >= 15 is 0 Å². The lowest BCUT2D eigenvalue weighted by Gasteiger charge is -2.01. The van der Waals surface area contributed by atoms with Crippen LogP contribution in [0.25, 0.3) is 0 Å². The summed E-state index contributed by atoms with van der Waals surface area (Å²) in [6.45, 7) is 6.43. The van der Waals surface area contributed by atoms with Gasteiger partial charge in [0.25, 0.3) is 0 Å². The fourth-order valence-electron chi connectivity index (χ4n) is 0.332. The number of esters is 1. The lowest BCUT2D eigenvalue weighted by Crippen LogP contribution is -2.06. The molecule has 0 heterocycles. The monoisotopic (exact) mass is 178 g/mol. The van der Waals surface area contributed by atoms with Crippen molar-refractivity contribution >= 4 is 5.97 Å². The summed E-state index contributed by atoms with van der Waals surface area (Å²) in [6, 6.07) is 0. The van der Waals surface area contributed by atoms with Crippen LogP contribution in [0.1, 0.15) is 27.7 Å². The maximum absolute atomic E-state index is 10.0. The van der Waals surface area contributed by atoms with Gasteiger partial charge < -0.3 is 14.9 Å². The van der Waals surface area contributed by atoms with Gasteiger partial charge in [-0.3, -0.25) is 4.79 Å². The molecule has 0 amide bonds. The van der Waals surface area contributed by atoms with Crippen molar-refractivity contribution < 1.29 is 19.7 Å². The van der Waals surface area contributed by atoms with E-state index in [-0.39, 0.29) is 18.7 Å². The molecule has 2 N–H and O–H groups in total. The van der Waals surface area contributed by atoms with Gasteiger partial charge in [-0.2, -0.15) is 0 Å². The number of carbonyl (C=O) groups is 1. The molecule has 0 saturated heterocycles. The van der Waals surface area contributed by atoms with Crippen LogP contribution in [-0.4, -0.2) is 35.0 Å². The van der Waals surface area contributed by atoms with E-state index in [1.54, 1.807) is 0 Å². The zero-order valence-corrected chi connectivity index (χ0v) is 8.07. The predicted octanol–water partition coefficient (Wildman–Crippen LogP) is 0.317. The molecule has 0 aromatic carbocycles. The van der Waals surface area contributed by atoms with E-state index < -0.39 is 6.10 Å². The first-order valence-corrected chi connectivity index (χ1v) is 3.86. The van der Waals surface area contributed by atoms with Gasteiger partial charge in [0.2, 0.25) is 0 Å². The summed E-state index contributed by atoms with van der Waals surface area (Å²) in [5, 5.41) is 16.0. The highest BCUT2D eigenvalue weighted by atomic mass is 16.5. The molecule has 1 unspecified atom stereocenters. The predicted molar refractivity (Wildman–Crippen MR) is 45.7 cm³/mol. The fraction of sp³-hybridized carbons (Fsp3) is 0.875. The van der Waals surface area contributed by atoms with Crippen molar-refractivity contribution in [3.05, 3.63) is 0 Å². The molecule has 0 rings (SSSR count). The summed E-state index contributed by atoms with van der Waals surface area (Å²) in [4.78, 5) is 10.0. The van der Waals surface area contributed by atoms with Gasteiger partial charge in [0, 0.05) is 6.92 Å². The van der Waals surface area contributed by atoms with E-state index in [9.17, 15) is 4.79 Å². The van der Waals surface area contributed by atoms with E-state index in [2.05, 4.69) is 4.74 Å². The number of aliphatic hydroxyl groups excluding tert-OH is 2. The Morgan fingerprint density at radius 1 is 1.42 bits per heavy atom. The standard InChI is InChI=1S/C5H10O2.C3H8O2/c1-4(2)7-5(3)6;1-3(5)2-4/h4H,1-3H3;3-5H,2H2,1H3. The van der Waals surface area contributed by atoms with E-state index in [0.717, 1.165) is 0 Å². The molecule has 0 bridgehead atoms. The van der Waals surface area contributed by atoms with E-state index in [0.29, 0.717) is 0 Å². The van der Waals surface area contributed by atoms with Gasteiger partial charge in [0.05, 0.1) is 18.8 Å². The van der Waals surface area contributed by atoms with Crippen LogP contribution in [0.2, 0.25) is 0 Å². The molecule has 4 heteroatoms. The van der Waals surface area contributed by atoms with Crippen molar-refractivity contribution in [1.82, 2.24) is 0 Å². The van der Waals surface area contributed by atoms with Gasteiger partial charge in [0.1, 0.15) is 0 Å². The van der Waals surface area contributed by atoms with Gasteiger partial charge in [-0.1, -0.05) is 0 Å². The highest BCUT2D eigenvalue weighted by Crippen LogP contribution is 1.85. The van der Waals surface area contributed by atoms with Crippen LogP contribution in [0.4, 0.5) is 0 Å². The minimum absolute atomic E-state index is 0.0255. The largest absolute Gasteiger partial charge is 0.463 e. The summed E-state index contributed by atoms with van der Waals surface area (Å²) < 4.78 is 4.61. The third kappa shape index (κ3) is 22.8. The Morgan fingerprint density at radius 3 is 1.75 bits per heavy atom. The zero-order chi connectivity index (χ0) is 10.1. The smallest absolute Gasteiger partial charge is 0.302 e. The molecule has 0 aromatic heterocycles. The summed E-state index contributed by atoms with van der Waals surface area (Å²) in [7, 11) is 0. The minimum Gasteiger partial charge on any atom is -0.463 e. The van der Waals surface area contributed by atoms with Crippen LogP contribution in [0.5, 0.6) is 0 Å². The highest BCUT2D eigenvalue weighted by Gasteiger charge is 1.93. The molecule has 0 radical (unpaired) electrons. The van der Waals surface area contributed by atoms with Crippen molar-refractivity contribution in [1.29, 1.82) is 0 Å². The molecule has 0 fully saturated rings. The number of ether oxygens (including phenoxy) is 1. The molecule has 0 spiro atoms. The first-order valence-electron chi connectivity index (χ1n) is 3.86. The summed E-state index contributed by atoms with van der Waals surface area (Å²) >= 11 is 0. The van der Waals surface area contributed by atoms with Crippen LogP contribution >= 0.6 is 0 Å². The Kier molecular flexibility index (Phi) is 9.86. The molecule has 0 aliphatic carbocycles. The SMILES string of the molecule is CC(=O)OC(C)C.CC(O)CO. The maximum atomic E-state index is 10.0. The van der Waals surface area contributed by atoms with Crippen LogP contribution in [0, 0.1) is 0 Å². The third-order valence-corrected chi connectivity index (χ3v) is 0.666. The molecule has 1 atom stereocenters. The second-order valence-corrected chi connectivity index (χ2v) is 2.69. The molecular formula is C8H18O4. The maximum Gasteiger partial charge on any atom is 0.302 e. The van der Waals surface area contributed by atoms with Gasteiger partial charge in [-0.25, -0.2) is 0 Å². The molecule has 4 nitrogen and oxygen atoms in total. The second kappa shape index (κ2) is 8.49. The Morgan fingerprint density at radius 2 is 1.75 bits per heavy atom. The van der Waals surface area contributed by atoms with Crippen molar-refractivity contribution in [3.8, 4) is 0 Å². The van der Waals surface area contributed by atoms with Crippen LogP contribution in [0.15, 0.2) is 0 Å². The molecule has 0 aliphatic heterocycles. The molecular weight excluding hydrogens is 160 g/mol. The van der Waals surface area contributed by atoms with Crippen LogP contribution < -0.4 is 0 Å². The quantitative estimate of drug-likeness (QED) is 0.597. The minimum atomic E-state index is -0.560. The first-order chi connectivity index (χ1) is 5.40. The number of aliphatic hydroxyl groups is 2. The second-order valence-electron chi connectivity index (χ2n) is 2.69. The van der Waals surface area contributed by atoms with Gasteiger partial charge in [0.15, 0.2) is 0 Å². The Labute approximate surface area is 73.2 Å². The first kappa shape index (κ1) is 13.9. The number of rotatable bonds is 2. The lowest BCUT2D eigenvalue weighted by atomic mass is 10.5. The number of hydrogen-bond acceptors (Lipinski definition) is 4. The van der Waals surface area contributed by atoms with Gasteiger partial charge in [-0.05, 0) is 20.8 Å². The van der Waals surface area contributed by atoms with Crippen molar-refractivity contribution in [3.63, 3.8) is 0 Å². The Balaban J connectivity index is 0. The Hall–Kier alpha value is -0.610. The number of hydrogen-bond donors (Lipinski definition) is 2.